The first-order valence-electron chi connectivity index (χ1n) is 22.1. The van der Waals surface area contributed by atoms with E-state index in [1.807, 2.05) is 60.7 Å². The highest BCUT2D eigenvalue weighted by Gasteiger charge is 2.21. The molecule has 0 N–H and O–H groups in total. The van der Waals surface area contributed by atoms with Crippen molar-refractivity contribution in [2.75, 3.05) is 0 Å². The number of para-hydroxylation sites is 4. The van der Waals surface area contributed by atoms with Crippen LogP contribution in [0.15, 0.2) is 174 Å². The molecule has 0 unspecified atom stereocenters. The monoisotopic (exact) mass is 653 g/mol. The molecule has 0 saturated heterocycles. The lowest BCUT2D eigenvalue weighted by Crippen LogP contribution is -2.04. The van der Waals surface area contributed by atoms with Crippen molar-refractivity contribution in [2.45, 2.75) is 0 Å². The van der Waals surface area contributed by atoms with Gasteiger partial charge in [-0.1, -0.05) is 139 Å². The molecule has 3 heterocycles. The van der Waals surface area contributed by atoms with E-state index in [0.29, 0.717) is 22.8 Å². The van der Waals surface area contributed by atoms with Crippen LogP contribution >= 0.6 is 0 Å². The van der Waals surface area contributed by atoms with E-state index in [2.05, 4.69) is 0 Å². The van der Waals surface area contributed by atoms with Crippen molar-refractivity contribution in [2.24, 2.45) is 0 Å². The number of nitrogens with zero attached hydrogens (tertiary/aromatic N) is 4. The summed E-state index contributed by atoms with van der Waals surface area (Å²) in [5.41, 5.74) is 1.56. The highest BCUT2D eigenvalue weighted by atomic mass is 16.3. The van der Waals surface area contributed by atoms with Gasteiger partial charge in [0.15, 0.2) is 17.5 Å². The first-order valence-corrected chi connectivity index (χ1v) is 15.6. The van der Waals surface area contributed by atoms with Crippen LogP contribution in [0.2, 0.25) is 0 Å². The Morgan fingerprint density at radius 3 is 1.74 bits per heavy atom. The molecule has 10 rings (SSSR count). The van der Waals surface area contributed by atoms with Gasteiger partial charge in [-0.2, -0.15) is 0 Å². The van der Waals surface area contributed by atoms with Gasteiger partial charge in [-0.25, -0.2) is 15.0 Å². The van der Waals surface area contributed by atoms with E-state index in [1.54, 1.807) is 18.2 Å². The summed E-state index contributed by atoms with van der Waals surface area (Å²) in [4.78, 5) is 14.7. The second-order valence-corrected chi connectivity index (χ2v) is 11.4. The van der Waals surface area contributed by atoms with E-state index in [1.165, 1.54) is 16.7 Å². The Bertz CT molecular complexity index is 3480. The van der Waals surface area contributed by atoms with Crippen LogP contribution in [0.5, 0.6) is 0 Å². The average molecular weight is 654 g/mol. The van der Waals surface area contributed by atoms with Gasteiger partial charge in [0, 0.05) is 43.8 Å². The van der Waals surface area contributed by atoms with Crippen LogP contribution in [-0.2, 0) is 0 Å². The molecule has 0 spiro atoms. The first-order chi connectivity index (χ1) is 30.2. The second-order valence-electron chi connectivity index (χ2n) is 11.4. The molecule has 10 aromatic rings. The van der Waals surface area contributed by atoms with Crippen LogP contribution in [-0.4, -0.2) is 19.5 Å². The van der Waals surface area contributed by atoms with Gasteiger partial charge in [-0.05, 0) is 35.8 Å². The second kappa shape index (κ2) is 11.4. The van der Waals surface area contributed by atoms with Gasteiger partial charge in [0.1, 0.15) is 11.2 Å². The number of hydrogen-bond donors (Lipinski definition) is 0. The van der Waals surface area contributed by atoms with Crippen molar-refractivity contribution in [3.63, 3.8) is 0 Å². The molecule has 0 saturated carbocycles. The fourth-order valence-corrected chi connectivity index (χ4v) is 6.28. The number of hydrogen-bond acceptors (Lipinski definition) is 4. The van der Waals surface area contributed by atoms with Gasteiger partial charge < -0.3 is 8.98 Å². The number of furan rings is 1. The third-order valence-electron chi connectivity index (χ3n) is 8.53. The van der Waals surface area contributed by atoms with E-state index in [9.17, 15) is 4.11 Å². The molecule has 0 aliphatic carbocycles. The summed E-state index contributed by atoms with van der Waals surface area (Å²) >= 11 is 0. The van der Waals surface area contributed by atoms with E-state index >= 15 is 0 Å². The first kappa shape index (κ1) is 18.1. The molecular weight excluding hydrogens is 613 g/mol. The largest absolute Gasteiger partial charge is 0.455 e. The maximum absolute atomic E-state index is 9.24. The van der Waals surface area contributed by atoms with Crippen LogP contribution in [0.1, 0.15) is 17.8 Å². The third kappa shape index (κ3) is 4.52. The van der Waals surface area contributed by atoms with Crippen molar-refractivity contribution in [3.8, 4) is 51.0 Å². The van der Waals surface area contributed by atoms with Crippen LogP contribution in [0.25, 0.3) is 94.7 Å². The van der Waals surface area contributed by atoms with Gasteiger partial charge in [0.2, 0.25) is 0 Å². The minimum atomic E-state index is -0.566. The number of benzene rings is 7. The van der Waals surface area contributed by atoms with Gasteiger partial charge in [0.05, 0.1) is 34.5 Å². The zero-order valence-corrected chi connectivity index (χ0v) is 25.9. The third-order valence-corrected chi connectivity index (χ3v) is 8.53. The Balaban J connectivity index is 1.39. The Kier molecular flexibility index (Phi) is 4.12. The Morgan fingerprint density at radius 2 is 1.06 bits per heavy atom. The predicted octanol–water partition coefficient (Wildman–Crippen LogP) is 11.5. The molecule has 0 fully saturated rings. The molecule has 5 nitrogen and oxygen atoms in total. The molecule has 5 heteroatoms. The normalized spacial score (nSPS) is 15.2. The number of rotatable bonds is 5. The highest BCUT2D eigenvalue weighted by Crippen LogP contribution is 2.41. The SMILES string of the molecule is [2H]c1cc([2H])c2c(c1[2H])c1c([2H])c([2H])cc([2H])c1n2-c1cc(-c2c([2H])c([2H])c([2H])c3c2oc2c([2H])c([2H])c([2H])c([2H])c23)ccc1-c1nc(-c2ccccc2)nc(-c2ccccc2)n1. The fraction of sp³-hybridized carbons (Fsp3) is 0. The minimum absolute atomic E-state index is 0.00625. The maximum atomic E-state index is 9.24. The van der Waals surface area contributed by atoms with Crippen LogP contribution < -0.4 is 0 Å². The molecule has 50 heavy (non-hydrogen) atoms. The smallest absolute Gasteiger partial charge is 0.166 e. The number of aromatic nitrogens is 4. The van der Waals surface area contributed by atoms with E-state index in [4.69, 9.17) is 33.1 Å². The van der Waals surface area contributed by atoms with Crippen molar-refractivity contribution < 1.29 is 22.2 Å². The van der Waals surface area contributed by atoms with Crippen molar-refractivity contribution >= 4 is 43.7 Å². The molecule has 0 amide bonds. The van der Waals surface area contributed by atoms with Crippen LogP contribution in [0.4, 0.5) is 0 Å². The Morgan fingerprint density at radius 1 is 0.460 bits per heavy atom. The molecule has 0 aliphatic heterocycles. The molecule has 0 aliphatic rings. The highest BCUT2D eigenvalue weighted by molar-refractivity contribution is 6.11. The van der Waals surface area contributed by atoms with Crippen LogP contribution in [0.3, 0.4) is 0 Å². The van der Waals surface area contributed by atoms with Crippen molar-refractivity contribution in [1.29, 1.82) is 0 Å². The molecule has 7 aromatic carbocycles. The molecule has 0 radical (unpaired) electrons. The Labute approximate surface area is 306 Å². The van der Waals surface area contributed by atoms with Crippen LogP contribution in [0, 0.1) is 0 Å². The Hall–Kier alpha value is -6.85. The summed E-state index contributed by atoms with van der Waals surface area (Å²) in [7, 11) is 0. The lowest BCUT2D eigenvalue weighted by Gasteiger charge is -2.16. The molecular formula is C45H28N4O. The van der Waals surface area contributed by atoms with Crippen molar-refractivity contribution in [1.82, 2.24) is 19.5 Å². The minimum Gasteiger partial charge on any atom is -0.455 e. The fourth-order valence-electron chi connectivity index (χ4n) is 6.28. The zero-order valence-electron chi connectivity index (χ0n) is 38.9. The van der Waals surface area contributed by atoms with E-state index in [-0.39, 0.29) is 108 Å². The summed E-state index contributed by atoms with van der Waals surface area (Å²) in [6, 6.07) is 20.2. The standard InChI is InChI=1S/C45H28N4O/c1-3-14-29(15-4-1)43-46-44(30-16-5-2-6-17-30)48-45(47-43)37-27-26-31(32-21-13-22-36-35-20-9-12-25-41(35)50-42(32)36)28-40(37)49-38-23-10-7-18-33(38)34-19-8-11-24-39(34)49/h1-28H/i7D,8D,9D,12D,13D,18D,19D,20D,21D,22D,23D,24D,25D. The topological polar surface area (TPSA) is 56.7 Å². The van der Waals surface area contributed by atoms with Crippen molar-refractivity contribution in [3.05, 3.63) is 170 Å². The van der Waals surface area contributed by atoms with Gasteiger partial charge >= 0.3 is 0 Å². The summed E-state index contributed by atoms with van der Waals surface area (Å²) in [6.07, 6.45) is 0. The predicted molar refractivity (Wildman–Crippen MR) is 203 cm³/mol. The summed E-state index contributed by atoms with van der Waals surface area (Å²) in [6.45, 7) is 0. The van der Waals surface area contributed by atoms with Gasteiger partial charge in [0.25, 0.3) is 0 Å². The quantitative estimate of drug-likeness (QED) is 0.185. The van der Waals surface area contributed by atoms with E-state index < -0.39 is 42.3 Å². The summed E-state index contributed by atoms with van der Waals surface area (Å²) < 4.78 is 122. The lowest BCUT2D eigenvalue weighted by atomic mass is 9.99. The van der Waals surface area contributed by atoms with E-state index in [0.717, 1.165) is 0 Å². The molecule has 3 aromatic heterocycles. The molecule has 0 atom stereocenters. The summed E-state index contributed by atoms with van der Waals surface area (Å²) in [5.74, 6) is 0.733. The summed E-state index contributed by atoms with van der Waals surface area (Å²) in [5, 5.41) is -0.233. The molecule has 234 valence electrons. The zero-order chi connectivity index (χ0) is 44.3. The number of fused-ring (bicyclic) bond motifs is 6. The van der Waals surface area contributed by atoms with Gasteiger partial charge in [-0.3, -0.25) is 0 Å². The molecule has 0 bridgehead atoms. The maximum Gasteiger partial charge on any atom is 0.166 e. The average Bonchev–Trinajstić information content (AvgIpc) is 3.87. The lowest BCUT2D eigenvalue weighted by molar-refractivity contribution is 0.670. The van der Waals surface area contributed by atoms with Gasteiger partial charge in [-0.15, -0.1) is 0 Å².